The van der Waals surface area contributed by atoms with E-state index in [-0.39, 0.29) is 0 Å². The van der Waals surface area contributed by atoms with E-state index < -0.39 is 5.60 Å². The van der Waals surface area contributed by atoms with Gasteiger partial charge < -0.3 is 16.3 Å². The zero-order valence-electron chi connectivity index (χ0n) is 6.84. The maximum atomic E-state index is 5.58. The van der Waals surface area contributed by atoms with Gasteiger partial charge in [-0.2, -0.15) is 5.10 Å². The minimum Gasteiger partial charge on any atom is -0.383 e. The summed E-state index contributed by atoms with van der Waals surface area (Å²) in [5.74, 6) is 5.47. The van der Waals surface area contributed by atoms with Gasteiger partial charge in [-0.3, -0.25) is 0 Å². The average Bonchev–Trinajstić information content (AvgIpc) is 2.04. The monoisotopic (exact) mass is 157 g/mol. The number of nitrogens with two attached hydrogens (primary N) is 2. The van der Waals surface area contributed by atoms with Crippen molar-refractivity contribution in [2.75, 3.05) is 6.61 Å². The molecule has 1 heterocycles. The Labute approximate surface area is 66.6 Å². The molecule has 0 spiro atoms. The molecule has 1 saturated heterocycles. The summed E-state index contributed by atoms with van der Waals surface area (Å²) in [5, 5.41) is 3.45. The predicted molar refractivity (Wildman–Crippen MR) is 44.0 cm³/mol. The molecular weight excluding hydrogens is 142 g/mol. The van der Waals surface area contributed by atoms with Gasteiger partial charge in [-0.05, 0) is 26.2 Å². The van der Waals surface area contributed by atoms with Crippen LogP contribution in [0.2, 0.25) is 0 Å². The summed E-state index contributed by atoms with van der Waals surface area (Å²) in [7, 11) is 0. The molecule has 1 aliphatic rings. The van der Waals surface area contributed by atoms with E-state index >= 15 is 0 Å². The molecule has 0 aromatic rings. The van der Waals surface area contributed by atoms with Crippen LogP contribution in [0.4, 0.5) is 0 Å². The van der Waals surface area contributed by atoms with Crippen molar-refractivity contribution in [3.63, 3.8) is 0 Å². The molecule has 1 aliphatic heterocycles. The molecule has 0 radical (unpaired) electrons. The summed E-state index contributed by atoms with van der Waals surface area (Å²) in [6, 6.07) is 0. The largest absolute Gasteiger partial charge is 0.383 e. The quantitative estimate of drug-likeness (QED) is 0.247. The fraction of sp³-hybridized carbons (Fsp3) is 0.857. The zero-order chi connectivity index (χ0) is 8.32. The van der Waals surface area contributed by atoms with Gasteiger partial charge in [0.1, 0.15) is 5.60 Å². The van der Waals surface area contributed by atoms with Crippen molar-refractivity contribution in [1.82, 2.24) is 0 Å². The molecule has 0 amide bonds. The number of ether oxygens (including phenoxy) is 1. The number of amidine groups is 1. The minimum absolute atomic E-state index is 0.400. The third kappa shape index (κ3) is 1.63. The van der Waals surface area contributed by atoms with Crippen LogP contribution < -0.4 is 11.6 Å². The molecule has 1 fully saturated rings. The zero-order valence-corrected chi connectivity index (χ0v) is 6.84. The lowest BCUT2D eigenvalue weighted by Gasteiger charge is -2.32. The lowest BCUT2D eigenvalue weighted by molar-refractivity contribution is -0.0160. The molecular formula is C7H15N3O. The standard InChI is InChI=1S/C7H15N3O/c1-7(6(8)10-9)4-2-3-5-11-7/h2-5,9H2,1H3,(H2,8,10). The van der Waals surface area contributed by atoms with Crippen LogP contribution in [0.25, 0.3) is 0 Å². The highest BCUT2D eigenvalue weighted by Gasteiger charge is 2.31. The molecule has 0 bridgehead atoms. The van der Waals surface area contributed by atoms with Crippen LogP contribution in [-0.4, -0.2) is 18.0 Å². The first-order valence-corrected chi connectivity index (χ1v) is 3.87. The highest BCUT2D eigenvalue weighted by molar-refractivity contribution is 5.88. The lowest BCUT2D eigenvalue weighted by atomic mass is 9.95. The number of rotatable bonds is 1. The van der Waals surface area contributed by atoms with Gasteiger partial charge >= 0.3 is 0 Å². The van der Waals surface area contributed by atoms with Gasteiger partial charge in [0, 0.05) is 6.61 Å². The van der Waals surface area contributed by atoms with E-state index in [4.69, 9.17) is 16.3 Å². The molecule has 0 aliphatic carbocycles. The lowest BCUT2D eigenvalue weighted by Crippen LogP contribution is -2.46. The number of hydrazone groups is 1. The normalized spacial score (nSPS) is 33.7. The fourth-order valence-corrected chi connectivity index (χ4v) is 1.27. The van der Waals surface area contributed by atoms with Gasteiger partial charge in [0.15, 0.2) is 5.84 Å². The second kappa shape index (κ2) is 3.09. The van der Waals surface area contributed by atoms with Gasteiger partial charge in [0.05, 0.1) is 0 Å². The van der Waals surface area contributed by atoms with Gasteiger partial charge in [-0.15, -0.1) is 0 Å². The third-order valence-corrected chi connectivity index (χ3v) is 2.15. The van der Waals surface area contributed by atoms with Gasteiger partial charge in [-0.25, -0.2) is 0 Å². The number of hydrogen-bond donors (Lipinski definition) is 2. The molecule has 11 heavy (non-hydrogen) atoms. The number of nitrogens with zero attached hydrogens (tertiary/aromatic N) is 1. The van der Waals surface area contributed by atoms with Crippen molar-refractivity contribution in [2.45, 2.75) is 31.8 Å². The van der Waals surface area contributed by atoms with Crippen LogP contribution in [0.5, 0.6) is 0 Å². The van der Waals surface area contributed by atoms with Crippen LogP contribution in [0, 0.1) is 0 Å². The van der Waals surface area contributed by atoms with E-state index in [0.29, 0.717) is 5.84 Å². The van der Waals surface area contributed by atoms with E-state index in [9.17, 15) is 0 Å². The molecule has 1 unspecified atom stereocenters. The molecule has 4 N–H and O–H groups in total. The summed E-state index contributed by atoms with van der Waals surface area (Å²) in [4.78, 5) is 0. The minimum atomic E-state index is -0.410. The summed E-state index contributed by atoms with van der Waals surface area (Å²) < 4.78 is 5.48. The van der Waals surface area contributed by atoms with Crippen LogP contribution in [0.3, 0.4) is 0 Å². The van der Waals surface area contributed by atoms with Crippen molar-refractivity contribution < 1.29 is 4.74 Å². The van der Waals surface area contributed by atoms with Gasteiger partial charge in [0.2, 0.25) is 0 Å². The Hall–Kier alpha value is -0.770. The van der Waals surface area contributed by atoms with Crippen LogP contribution in [-0.2, 0) is 4.74 Å². The maximum absolute atomic E-state index is 5.58. The molecule has 0 saturated carbocycles. The Morgan fingerprint density at radius 3 is 2.73 bits per heavy atom. The van der Waals surface area contributed by atoms with Crippen molar-refractivity contribution in [3.8, 4) is 0 Å². The Morgan fingerprint density at radius 1 is 1.55 bits per heavy atom. The molecule has 4 nitrogen and oxygen atoms in total. The van der Waals surface area contributed by atoms with Gasteiger partial charge in [-0.1, -0.05) is 0 Å². The smallest absolute Gasteiger partial charge is 0.151 e. The second-order valence-electron chi connectivity index (χ2n) is 3.05. The second-order valence-corrected chi connectivity index (χ2v) is 3.05. The van der Waals surface area contributed by atoms with Crippen LogP contribution in [0.15, 0.2) is 5.10 Å². The fourth-order valence-electron chi connectivity index (χ4n) is 1.27. The summed E-state index contributed by atoms with van der Waals surface area (Å²) >= 11 is 0. The Kier molecular flexibility index (Phi) is 2.34. The van der Waals surface area contributed by atoms with E-state index in [2.05, 4.69) is 5.10 Å². The molecule has 1 atom stereocenters. The SMILES string of the molecule is CC1(C(N)=NN)CCCCO1. The Bertz CT molecular complexity index is 161. The number of hydrogen-bond acceptors (Lipinski definition) is 3. The first-order valence-electron chi connectivity index (χ1n) is 3.87. The van der Waals surface area contributed by atoms with Crippen LogP contribution >= 0.6 is 0 Å². The summed E-state index contributed by atoms with van der Waals surface area (Å²) in [5.41, 5.74) is 5.17. The Balaban J connectivity index is 2.64. The first-order chi connectivity index (χ1) is 5.19. The molecule has 1 rings (SSSR count). The predicted octanol–water partition coefficient (Wildman–Crippen LogP) is 0.176. The summed E-state index contributed by atoms with van der Waals surface area (Å²) in [6.45, 7) is 2.69. The van der Waals surface area contributed by atoms with E-state index in [1.165, 1.54) is 0 Å². The average molecular weight is 157 g/mol. The summed E-state index contributed by atoms with van der Waals surface area (Å²) in [6.07, 6.45) is 3.15. The molecule has 4 heteroatoms. The highest BCUT2D eigenvalue weighted by Crippen LogP contribution is 2.23. The van der Waals surface area contributed by atoms with Crippen molar-refractivity contribution in [3.05, 3.63) is 0 Å². The van der Waals surface area contributed by atoms with Gasteiger partial charge in [0.25, 0.3) is 0 Å². The highest BCUT2D eigenvalue weighted by atomic mass is 16.5. The van der Waals surface area contributed by atoms with Crippen molar-refractivity contribution in [2.24, 2.45) is 16.7 Å². The van der Waals surface area contributed by atoms with Crippen LogP contribution in [0.1, 0.15) is 26.2 Å². The molecule has 0 aromatic carbocycles. The van der Waals surface area contributed by atoms with Crippen molar-refractivity contribution >= 4 is 5.84 Å². The molecule has 64 valence electrons. The van der Waals surface area contributed by atoms with Crippen molar-refractivity contribution in [1.29, 1.82) is 0 Å². The maximum Gasteiger partial charge on any atom is 0.151 e. The molecule has 0 aromatic heterocycles. The Morgan fingerprint density at radius 2 is 2.27 bits per heavy atom. The van der Waals surface area contributed by atoms with E-state index in [1.54, 1.807) is 0 Å². The topological polar surface area (TPSA) is 73.6 Å². The first kappa shape index (κ1) is 8.33. The van der Waals surface area contributed by atoms with E-state index in [0.717, 1.165) is 25.9 Å². The third-order valence-electron chi connectivity index (χ3n) is 2.15. The van der Waals surface area contributed by atoms with E-state index in [1.807, 2.05) is 6.92 Å².